The Kier molecular flexibility index (Phi) is 13.7. The molecule has 3 rings (SSSR count). The molecule has 1 saturated heterocycles. The second kappa shape index (κ2) is 17.2. The van der Waals surface area contributed by atoms with E-state index in [2.05, 4.69) is 22.9 Å². The fourth-order valence-corrected chi connectivity index (χ4v) is 5.83. The molecule has 6 nitrogen and oxygen atoms in total. The Morgan fingerprint density at radius 3 is 1.90 bits per heavy atom. The minimum atomic E-state index is -0.768. The van der Waals surface area contributed by atoms with E-state index in [0.717, 1.165) is 23.7 Å². The van der Waals surface area contributed by atoms with Crippen LogP contribution in [-0.4, -0.2) is 40.5 Å². The molecule has 0 bridgehead atoms. The van der Waals surface area contributed by atoms with Crippen LogP contribution in [-0.2, 0) is 9.59 Å². The van der Waals surface area contributed by atoms with E-state index in [-0.39, 0.29) is 22.8 Å². The molecule has 41 heavy (non-hydrogen) atoms. The lowest BCUT2D eigenvalue weighted by Crippen LogP contribution is -2.30. The Bertz CT molecular complexity index is 1160. The number of unbranched alkanes of at least 4 members (excludes halogenated alkanes) is 13. The van der Waals surface area contributed by atoms with Crippen LogP contribution in [0, 0.1) is 0 Å². The van der Waals surface area contributed by atoms with Gasteiger partial charge in [-0.2, -0.15) is 0 Å². The zero-order valence-corrected chi connectivity index (χ0v) is 26.3. The predicted octanol–water partition coefficient (Wildman–Crippen LogP) is 9.07. The number of phenolic OH excluding ortho intramolecular Hbond substituents is 1. The van der Waals surface area contributed by atoms with Gasteiger partial charge in [-0.25, -0.2) is 0 Å². The molecule has 0 aliphatic carbocycles. The lowest BCUT2D eigenvalue weighted by atomic mass is 9.95. The molecule has 1 unspecified atom stereocenters. The maximum Gasteiger partial charge on any atom is 0.295 e. The van der Waals surface area contributed by atoms with Gasteiger partial charge in [0.25, 0.3) is 11.7 Å². The van der Waals surface area contributed by atoms with Crippen molar-refractivity contribution >= 4 is 33.4 Å². The Morgan fingerprint density at radius 1 is 0.829 bits per heavy atom. The van der Waals surface area contributed by atoms with Crippen LogP contribution in [0.15, 0.2) is 52.5 Å². The van der Waals surface area contributed by atoms with Crippen molar-refractivity contribution in [2.24, 2.45) is 0 Å². The average Bonchev–Trinajstić information content (AvgIpc) is 3.22. The van der Waals surface area contributed by atoms with Crippen molar-refractivity contribution < 1.29 is 24.5 Å². The highest BCUT2D eigenvalue weighted by Crippen LogP contribution is 2.42. The van der Waals surface area contributed by atoms with Crippen LogP contribution < -0.4 is 4.74 Å². The Balaban J connectivity index is 1.59. The maximum absolute atomic E-state index is 13.3. The average molecular weight is 629 g/mol. The topological polar surface area (TPSA) is 87.1 Å². The molecule has 1 aliphatic rings. The van der Waals surface area contributed by atoms with Gasteiger partial charge < -0.3 is 19.8 Å². The molecule has 2 N–H and O–H groups in total. The number of carbonyl (C=O) groups excluding carboxylic acids is 2. The van der Waals surface area contributed by atoms with Gasteiger partial charge in [0, 0.05) is 16.6 Å². The molecule has 0 radical (unpaired) electrons. The first-order valence-corrected chi connectivity index (χ1v) is 16.1. The number of aromatic hydroxyl groups is 1. The Labute approximate surface area is 253 Å². The number of hydrogen-bond donors (Lipinski definition) is 2. The first-order chi connectivity index (χ1) is 19.9. The van der Waals surface area contributed by atoms with Crippen LogP contribution in [0.2, 0.25) is 0 Å². The van der Waals surface area contributed by atoms with Gasteiger partial charge in [-0.05, 0) is 36.2 Å². The Hall–Kier alpha value is -2.80. The number of ketones is 1. The van der Waals surface area contributed by atoms with Crippen molar-refractivity contribution in [3.63, 3.8) is 0 Å². The molecule has 7 heteroatoms. The molecule has 1 fully saturated rings. The minimum absolute atomic E-state index is 0.0342. The van der Waals surface area contributed by atoms with Crippen LogP contribution in [0.3, 0.4) is 0 Å². The zero-order valence-electron chi connectivity index (χ0n) is 24.7. The summed E-state index contributed by atoms with van der Waals surface area (Å²) in [6, 6.07) is 11.0. The molecule has 2 aromatic carbocycles. The fraction of sp³-hybridized carbons (Fsp3) is 0.529. The molecular formula is C34H46BrNO5. The number of carbonyl (C=O) groups is 2. The predicted molar refractivity (Wildman–Crippen MR) is 168 cm³/mol. The second-order valence-corrected chi connectivity index (χ2v) is 11.9. The van der Waals surface area contributed by atoms with Gasteiger partial charge in [-0.1, -0.05) is 125 Å². The number of nitrogens with zero attached hydrogens (tertiary/aromatic N) is 1. The van der Waals surface area contributed by atoms with Gasteiger partial charge >= 0.3 is 0 Å². The fourth-order valence-electron chi connectivity index (χ4n) is 5.56. The number of benzene rings is 2. The number of amides is 1. The molecule has 1 aliphatic heterocycles. The van der Waals surface area contributed by atoms with Gasteiger partial charge in [0.2, 0.25) is 0 Å². The molecule has 1 heterocycles. The van der Waals surface area contributed by atoms with Crippen LogP contribution in [0.1, 0.15) is 114 Å². The van der Waals surface area contributed by atoms with Crippen molar-refractivity contribution in [2.75, 3.05) is 13.7 Å². The number of likely N-dealkylation sites (tertiary alicyclic amines) is 1. The largest absolute Gasteiger partial charge is 0.507 e. The third kappa shape index (κ3) is 9.35. The molecular weight excluding hydrogens is 582 g/mol. The van der Waals surface area contributed by atoms with Gasteiger partial charge in [0.15, 0.2) is 11.5 Å². The summed E-state index contributed by atoms with van der Waals surface area (Å²) in [5.74, 6) is -1.32. The smallest absolute Gasteiger partial charge is 0.295 e. The molecule has 1 amide bonds. The standard InChI is InChI=1S/C34H46BrNO5/c1-3-4-5-6-7-8-9-10-11-12-13-14-15-16-23-36-31(26-19-22-28(37)29(24-26)41-2)30(33(39)34(36)40)32(38)25-17-20-27(35)21-18-25/h17-22,24,31,37-38H,3-16,23H2,1-2H3/b32-30+. The summed E-state index contributed by atoms with van der Waals surface area (Å²) in [5, 5.41) is 21.3. The molecule has 2 aromatic rings. The first-order valence-electron chi connectivity index (χ1n) is 15.3. The lowest BCUT2D eigenvalue weighted by Gasteiger charge is -2.26. The van der Waals surface area contributed by atoms with E-state index in [0.29, 0.717) is 17.7 Å². The van der Waals surface area contributed by atoms with Crippen molar-refractivity contribution in [1.82, 2.24) is 4.90 Å². The molecule has 0 aromatic heterocycles. The van der Waals surface area contributed by atoms with Crippen LogP contribution in [0.4, 0.5) is 0 Å². The van der Waals surface area contributed by atoms with E-state index in [1.54, 1.807) is 41.3 Å². The number of phenols is 1. The summed E-state index contributed by atoms with van der Waals surface area (Å²) in [7, 11) is 1.45. The second-order valence-electron chi connectivity index (χ2n) is 11.0. The number of aliphatic hydroxyl groups excluding tert-OH is 1. The third-order valence-electron chi connectivity index (χ3n) is 7.93. The van der Waals surface area contributed by atoms with E-state index >= 15 is 0 Å². The summed E-state index contributed by atoms with van der Waals surface area (Å²) in [4.78, 5) is 28.0. The number of methoxy groups -OCH3 is 1. The van der Waals surface area contributed by atoms with Gasteiger partial charge in [0.05, 0.1) is 18.7 Å². The summed E-state index contributed by atoms with van der Waals surface area (Å²) < 4.78 is 6.13. The Morgan fingerprint density at radius 2 is 1.37 bits per heavy atom. The highest BCUT2D eigenvalue weighted by atomic mass is 79.9. The summed E-state index contributed by atoms with van der Waals surface area (Å²) >= 11 is 3.39. The van der Waals surface area contributed by atoms with Gasteiger partial charge in [-0.3, -0.25) is 9.59 Å². The van der Waals surface area contributed by atoms with E-state index in [1.165, 1.54) is 83.8 Å². The number of aliphatic hydroxyl groups is 1. The van der Waals surface area contributed by atoms with Crippen LogP contribution in [0.25, 0.3) is 5.76 Å². The highest BCUT2D eigenvalue weighted by Gasteiger charge is 2.46. The highest BCUT2D eigenvalue weighted by molar-refractivity contribution is 9.10. The summed E-state index contributed by atoms with van der Waals surface area (Å²) in [5.41, 5.74) is 1.11. The quantitative estimate of drug-likeness (QED) is 0.0745. The third-order valence-corrected chi connectivity index (χ3v) is 8.46. The van der Waals surface area contributed by atoms with Crippen LogP contribution in [0.5, 0.6) is 11.5 Å². The zero-order chi connectivity index (χ0) is 29.6. The molecule has 0 saturated carbocycles. The van der Waals surface area contributed by atoms with E-state index in [9.17, 15) is 19.8 Å². The molecule has 224 valence electrons. The van der Waals surface area contributed by atoms with Crippen molar-refractivity contribution in [3.05, 3.63) is 63.6 Å². The van der Waals surface area contributed by atoms with Crippen LogP contribution >= 0.6 is 15.9 Å². The van der Waals surface area contributed by atoms with Crippen molar-refractivity contribution in [2.45, 2.75) is 103 Å². The molecule has 0 spiro atoms. The van der Waals surface area contributed by atoms with Crippen molar-refractivity contribution in [3.8, 4) is 11.5 Å². The van der Waals surface area contributed by atoms with E-state index < -0.39 is 17.7 Å². The van der Waals surface area contributed by atoms with Gasteiger partial charge in [-0.15, -0.1) is 0 Å². The van der Waals surface area contributed by atoms with E-state index in [4.69, 9.17) is 4.74 Å². The lowest BCUT2D eigenvalue weighted by molar-refractivity contribution is -0.139. The normalized spacial score (nSPS) is 16.5. The number of ether oxygens (including phenoxy) is 1. The molecule has 1 atom stereocenters. The summed E-state index contributed by atoms with van der Waals surface area (Å²) in [6.45, 7) is 2.66. The minimum Gasteiger partial charge on any atom is -0.507 e. The monoisotopic (exact) mass is 627 g/mol. The number of rotatable bonds is 18. The number of hydrogen-bond acceptors (Lipinski definition) is 5. The number of Topliss-reactive ketones (excluding diaryl/α,β-unsaturated/α-hetero) is 1. The SMILES string of the molecule is CCCCCCCCCCCCCCCCN1C(=O)C(=O)/C(=C(/O)c2ccc(Br)cc2)C1c1ccc(O)c(OC)c1. The van der Waals surface area contributed by atoms with Crippen molar-refractivity contribution in [1.29, 1.82) is 0 Å². The number of halogens is 1. The maximum atomic E-state index is 13.3. The van der Waals surface area contributed by atoms with E-state index in [1.807, 2.05) is 0 Å². The summed E-state index contributed by atoms with van der Waals surface area (Å²) in [6.07, 6.45) is 17.3. The van der Waals surface area contributed by atoms with Gasteiger partial charge in [0.1, 0.15) is 5.76 Å². The first kappa shape index (κ1) is 32.7.